The Bertz CT molecular complexity index is 522. The Morgan fingerprint density at radius 3 is 2.74 bits per heavy atom. The summed E-state index contributed by atoms with van der Waals surface area (Å²) in [5.74, 6) is 0.126. The number of hydrogen-bond donors (Lipinski definition) is 1. The van der Waals surface area contributed by atoms with Gasteiger partial charge < -0.3 is 19.5 Å². The number of aromatic nitrogens is 1. The van der Waals surface area contributed by atoms with E-state index < -0.39 is 0 Å². The van der Waals surface area contributed by atoms with Crippen molar-refractivity contribution in [2.24, 2.45) is 7.05 Å². The Morgan fingerprint density at radius 2 is 2.04 bits per heavy atom. The maximum absolute atomic E-state index is 12.3. The first-order chi connectivity index (χ1) is 11.1. The van der Waals surface area contributed by atoms with Crippen LogP contribution in [0, 0.1) is 0 Å². The minimum atomic E-state index is 0.124. The third-order valence-corrected chi connectivity index (χ3v) is 5.06. The number of carbonyl (C=O) groups excluding carboxylic acids is 1. The summed E-state index contributed by atoms with van der Waals surface area (Å²) in [7, 11) is 4.17. The van der Waals surface area contributed by atoms with Gasteiger partial charge in [0.2, 0.25) is 5.91 Å². The SMILES string of the molecule is CN1CCN([C@H]2COC[C@@H]2NC(=O)CCc2cccn2C)CC1. The van der Waals surface area contributed by atoms with Gasteiger partial charge in [-0.3, -0.25) is 9.69 Å². The molecule has 0 radical (unpaired) electrons. The predicted octanol–water partition coefficient (Wildman–Crippen LogP) is 0.0887. The summed E-state index contributed by atoms with van der Waals surface area (Å²) in [5.41, 5.74) is 1.19. The number of nitrogens with one attached hydrogen (secondary N) is 1. The second-order valence-electron chi connectivity index (χ2n) is 6.73. The van der Waals surface area contributed by atoms with Crippen LogP contribution in [0.1, 0.15) is 12.1 Å². The molecule has 1 aromatic rings. The lowest BCUT2D eigenvalue weighted by molar-refractivity contribution is -0.122. The molecule has 2 aliphatic rings. The number of likely N-dealkylation sites (N-methyl/N-ethyl adjacent to an activating group) is 1. The Morgan fingerprint density at radius 1 is 1.26 bits per heavy atom. The van der Waals surface area contributed by atoms with Crippen LogP contribution in [0.25, 0.3) is 0 Å². The number of rotatable bonds is 5. The first-order valence-corrected chi connectivity index (χ1v) is 8.53. The van der Waals surface area contributed by atoms with Gasteiger partial charge in [0.1, 0.15) is 0 Å². The maximum atomic E-state index is 12.3. The maximum Gasteiger partial charge on any atom is 0.220 e. The highest BCUT2D eigenvalue weighted by Gasteiger charge is 2.35. The Balaban J connectivity index is 1.48. The molecule has 0 spiro atoms. The highest BCUT2D eigenvalue weighted by molar-refractivity contribution is 5.76. The molecule has 3 heterocycles. The van der Waals surface area contributed by atoms with Gasteiger partial charge in [-0.25, -0.2) is 0 Å². The summed E-state index contributed by atoms with van der Waals surface area (Å²) in [5, 5.41) is 3.19. The van der Waals surface area contributed by atoms with E-state index in [0.29, 0.717) is 19.1 Å². The number of ether oxygens (including phenoxy) is 1. The van der Waals surface area contributed by atoms with Crippen LogP contribution in [0.15, 0.2) is 18.3 Å². The second kappa shape index (κ2) is 7.47. The summed E-state index contributed by atoms with van der Waals surface area (Å²) < 4.78 is 7.71. The summed E-state index contributed by atoms with van der Waals surface area (Å²) in [6, 6.07) is 4.53. The van der Waals surface area contributed by atoms with Crippen molar-refractivity contribution in [2.75, 3.05) is 46.4 Å². The van der Waals surface area contributed by atoms with Gasteiger partial charge in [-0.2, -0.15) is 0 Å². The van der Waals surface area contributed by atoms with Gasteiger partial charge in [-0.15, -0.1) is 0 Å². The molecule has 6 nitrogen and oxygen atoms in total. The number of piperazine rings is 1. The van der Waals surface area contributed by atoms with Crippen molar-refractivity contribution >= 4 is 5.91 Å². The fraction of sp³-hybridized carbons (Fsp3) is 0.706. The number of aryl methyl sites for hydroxylation is 2. The minimum absolute atomic E-state index is 0.124. The standard InChI is InChI=1S/C17H28N4O2/c1-19-8-10-21(11-9-19)16-13-23-12-15(16)18-17(22)6-5-14-4-3-7-20(14)2/h3-4,7,15-16H,5-6,8-13H2,1-2H3,(H,18,22)/t15-,16-/m0/s1. The van der Waals surface area contributed by atoms with Crippen molar-refractivity contribution in [3.05, 3.63) is 24.0 Å². The Kier molecular flexibility index (Phi) is 5.35. The molecule has 1 N–H and O–H groups in total. The molecule has 2 saturated heterocycles. The van der Waals surface area contributed by atoms with Crippen LogP contribution >= 0.6 is 0 Å². The molecule has 6 heteroatoms. The second-order valence-corrected chi connectivity index (χ2v) is 6.73. The monoisotopic (exact) mass is 320 g/mol. The number of amides is 1. The quantitative estimate of drug-likeness (QED) is 0.835. The lowest BCUT2D eigenvalue weighted by atomic mass is 10.1. The summed E-state index contributed by atoms with van der Waals surface area (Å²) >= 11 is 0. The van der Waals surface area contributed by atoms with Crippen molar-refractivity contribution < 1.29 is 9.53 Å². The molecule has 128 valence electrons. The highest BCUT2D eigenvalue weighted by atomic mass is 16.5. The fourth-order valence-electron chi connectivity index (χ4n) is 3.47. The average Bonchev–Trinajstić information content (AvgIpc) is 3.15. The molecule has 3 rings (SSSR count). The predicted molar refractivity (Wildman–Crippen MR) is 89.3 cm³/mol. The van der Waals surface area contributed by atoms with E-state index in [0.717, 1.165) is 39.2 Å². The zero-order valence-corrected chi connectivity index (χ0v) is 14.2. The molecule has 1 aromatic heterocycles. The average molecular weight is 320 g/mol. The summed E-state index contributed by atoms with van der Waals surface area (Å²) in [6.07, 6.45) is 3.33. The topological polar surface area (TPSA) is 49.7 Å². The third kappa shape index (κ3) is 4.13. The van der Waals surface area contributed by atoms with Crippen LogP contribution in [0.4, 0.5) is 0 Å². The zero-order chi connectivity index (χ0) is 16.2. The van der Waals surface area contributed by atoms with Crippen molar-refractivity contribution in [3.63, 3.8) is 0 Å². The van der Waals surface area contributed by atoms with Crippen molar-refractivity contribution in [1.29, 1.82) is 0 Å². The molecule has 23 heavy (non-hydrogen) atoms. The van der Waals surface area contributed by atoms with E-state index in [1.807, 2.05) is 19.3 Å². The zero-order valence-electron chi connectivity index (χ0n) is 14.2. The van der Waals surface area contributed by atoms with Gasteiger partial charge in [-0.1, -0.05) is 0 Å². The van der Waals surface area contributed by atoms with E-state index in [-0.39, 0.29) is 11.9 Å². The van der Waals surface area contributed by atoms with Crippen LogP contribution in [-0.4, -0.2) is 78.8 Å². The molecular formula is C17H28N4O2. The first-order valence-electron chi connectivity index (χ1n) is 8.53. The lowest BCUT2D eigenvalue weighted by Gasteiger charge is -2.38. The van der Waals surface area contributed by atoms with E-state index in [2.05, 4.69) is 32.8 Å². The van der Waals surface area contributed by atoms with Crippen molar-refractivity contribution in [1.82, 2.24) is 19.7 Å². The molecule has 1 amide bonds. The van der Waals surface area contributed by atoms with Gasteiger partial charge in [0, 0.05) is 51.5 Å². The minimum Gasteiger partial charge on any atom is -0.378 e. The molecule has 0 saturated carbocycles. The smallest absolute Gasteiger partial charge is 0.220 e. The summed E-state index contributed by atoms with van der Waals surface area (Å²) in [4.78, 5) is 17.1. The normalized spacial score (nSPS) is 26.5. The molecule has 2 atom stereocenters. The first kappa shape index (κ1) is 16.5. The molecule has 0 aromatic carbocycles. The third-order valence-electron chi connectivity index (χ3n) is 5.06. The molecule has 2 fully saturated rings. The summed E-state index contributed by atoms with van der Waals surface area (Å²) in [6.45, 7) is 5.65. The van der Waals surface area contributed by atoms with E-state index in [1.54, 1.807) is 0 Å². The van der Waals surface area contributed by atoms with Crippen molar-refractivity contribution in [3.8, 4) is 0 Å². The number of nitrogens with zero attached hydrogens (tertiary/aromatic N) is 3. The lowest BCUT2D eigenvalue weighted by Crippen LogP contribution is -2.56. The van der Waals surface area contributed by atoms with E-state index >= 15 is 0 Å². The highest BCUT2D eigenvalue weighted by Crippen LogP contribution is 2.16. The van der Waals surface area contributed by atoms with Gasteiger partial charge in [0.25, 0.3) is 0 Å². The van der Waals surface area contributed by atoms with Gasteiger partial charge in [0.15, 0.2) is 0 Å². The van der Waals surface area contributed by atoms with Crippen LogP contribution < -0.4 is 5.32 Å². The van der Waals surface area contributed by atoms with E-state index in [1.165, 1.54) is 5.69 Å². The van der Waals surface area contributed by atoms with E-state index in [4.69, 9.17) is 4.74 Å². The van der Waals surface area contributed by atoms with Crippen LogP contribution in [0.5, 0.6) is 0 Å². The fourth-order valence-corrected chi connectivity index (χ4v) is 3.47. The van der Waals surface area contributed by atoms with Crippen LogP contribution in [0.2, 0.25) is 0 Å². The molecule has 0 aliphatic carbocycles. The van der Waals surface area contributed by atoms with Gasteiger partial charge >= 0.3 is 0 Å². The van der Waals surface area contributed by atoms with Gasteiger partial charge in [-0.05, 0) is 25.6 Å². The molecule has 0 unspecified atom stereocenters. The number of carbonyl (C=O) groups is 1. The molecule has 2 aliphatic heterocycles. The number of hydrogen-bond acceptors (Lipinski definition) is 4. The largest absolute Gasteiger partial charge is 0.378 e. The van der Waals surface area contributed by atoms with Crippen LogP contribution in [-0.2, 0) is 23.0 Å². The van der Waals surface area contributed by atoms with Gasteiger partial charge in [0.05, 0.1) is 25.3 Å². The van der Waals surface area contributed by atoms with Crippen molar-refractivity contribution in [2.45, 2.75) is 24.9 Å². The Labute approximate surface area is 138 Å². The Hall–Kier alpha value is -1.37. The molecular weight excluding hydrogens is 292 g/mol. The molecule has 0 bridgehead atoms. The van der Waals surface area contributed by atoms with E-state index in [9.17, 15) is 4.79 Å². The van der Waals surface area contributed by atoms with Crippen LogP contribution in [0.3, 0.4) is 0 Å².